The van der Waals surface area contributed by atoms with Gasteiger partial charge in [0, 0.05) is 0 Å². The molecule has 0 aliphatic heterocycles. The summed E-state index contributed by atoms with van der Waals surface area (Å²) in [6.07, 6.45) is 11.1. The molecule has 0 atom stereocenters. The molecular formula is C26H34. The first-order valence-corrected chi connectivity index (χ1v) is 10.6. The van der Waals surface area contributed by atoms with Gasteiger partial charge in [0.25, 0.3) is 0 Å². The molecule has 1 aliphatic carbocycles. The summed E-state index contributed by atoms with van der Waals surface area (Å²) in [5, 5.41) is 0. The van der Waals surface area contributed by atoms with E-state index in [1.54, 1.807) is 5.57 Å². The lowest BCUT2D eigenvalue weighted by atomic mass is 9.92. The minimum absolute atomic E-state index is 0.631. The molecule has 0 unspecified atom stereocenters. The van der Waals surface area contributed by atoms with Crippen molar-refractivity contribution in [1.29, 1.82) is 0 Å². The number of rotatable bonds is 8. The van der Waals surface area contributed by atoms with E-state index in [-0.39, 0.29) is 0 Å². The van der Waals surface area contributed by atoms with Crippen LogP contribution in [0.15, 0.2) is 42.0 Å². The van der Waals surface area contributed by atoms with Crippen LogP contribution in [0.1, 0.15) is 75.6 Å². The van der Waals surface area contributed by atoms with Crippen LogP contribution in [-0.4, -0.2) is 0 Å². The van der Waals surface area contributed by atoms with Crippen molar-refractivity contribution in [2.45, 2.75) is 72.6 Å². The lowest BCUT2D eigenvalue weighted by molar-refractivity contribution is 0.754. The first-order chi connectivity index (χ1) is 12.6. The maximum Gasteiger partial charge on any atom is -0.00550 e. The number of hydrogen-bond donors (Lipinski definition) is 0. The normalized spacial score (nSPS) is 13.2. The number of unbranched alkanes of at least 4 members (excludes halogenated alkanes) is 2. The molecular weight excluding hydrogens is 312 g/mol. The van der Waals surface area contributed by atoms with E-state index in [2.05, 4.69) is 70.2 Å². The summed E-state index contributed by atoms with van der Waals surface area (Å²) in [5.74, 6) is 0.631. The highest BCUT2D eigenvalue weighted by atomic mass is 14.2. The summed E-state index contributed by atoms with van der Waals surface area (Å²) in [4.78, 5) is 0. The predicted molar refractivity (Wildman–Crippen MR) is 116 cm³/mol. The van der Waals surface area contributed by atoms with E-state index in [9.17, 15) is 0 Å². The zero-order valence-corrected chi connectivity index (χ0v) is 17.1. The summed E-state index contributed by atoms with van der Waals surface area (Å²) in [5.41, 5.74) is 10.4. The van der Waals surface area contributed by atoms with Crippen molar-refractivity contribution in [3.8, 4) is 11.1 Å². The van der Waals surface area contributed by atoms with E-state index in [0.717, 1.165) is 6.42 Å². The third-order valence-electron chi connectivity index (χ3n) is 5.66. The molecule has 0 N–H and O–H groups in total. The third-order valence-corrected chi connectivity index (χ3v) is 5.66. The van der Waals surface area contributed by atoms with Crippen LogP contribution < -0.4 is 0 Å². The lowest BCUT2D eigenvalue weighted by Crippen LogP contribution is -1.94. The first kappa shape index (κ1) is 19.0. The quantitative estimate of drug-likeness (QED) is 0.461. The number of aryl methyl sites for hydroxylation is 2. The highest BCUT2D eigenvalue weighted by Crippen LogP contribution is 2.37. The Kier molecular flexibility index (Phi) is 6.35. The maximum atomic E-state index is 2.46. The van der Waals surface area contributed by atoms with Gasteiger partial charge in [0.2, 0.25) is 0 Å². The van der Waals surface area contributed by atoms with Crippen molar-refractivity contribution < 1.29 is 0 Å². The Bertz CT molecular complexity index is 750. The van der Waals surface area contributed by atoms with Crippen molar-refractivity contribution in [1.82, 2.24) is 0 Å². The second-order valence-corrected chi connectivity index (χ2v) is 8.17. The van der Waals surface area contributed by atoms with Gasteiger partial charge in [0.15, 0.2) is 0 Å². The molecule has 0 heteroatoms. The second-order valence-electron chi connectivity index (χ2n) is 8.17. The van der Waals surface area contributed by atoms with Crippen LogP contribution in [0.2, 0.25) is 0 Å². The lowest BCUT2D eigenvalue weighted by Gasteiger charge is -2.13. The second kappa shape index (κ2) is 8.71. The average Bonchev–Trinajstić information content (AvgIpc) is 3.09. The molecule has 3 rings (SSSR count). The van der Waals surface area contributed by atoms with E-state index >= 15 is 0 Å². The Morgan fingerprint density at radius 1 is 0.885 bits per heavy atom. The molecule has 2 aromatic carbocycles. The van der Waals surface area contributed by atoms with E-state index in [1.165, 1.54) is 71.9 Å². The van der Waals surface area contributed by atoms with Gasteiger partial charge in [-0.2, -0.15) is 0 Å². The number of allylic oxidation sites excluding steroid dienone is 1. The number of hydrogen-bond acceptors (Lipinski definition) is 0. The van der Waals surface area contributed by atoms with Gasteiger partial charge in [0.1, 0.15) is 0 Å². The highest BCUT2D eigenvalue weighted by Gasteiger charge is 2.18. The standard InChI is InChI=1S/C26H34/c1-5-7-10-20-14-21(11-8-6-2)16-24(15-20)25-13-9-12-22-17-23(19(3)4)18-26(22)25/h9,12-16,18-19H,5-8,10-11,17H2,1-4H3. The molecule has 0 radical (unpaired) electrons. The van der Waals surface area contributed by atoms with Crippen LogP contribution in [0, 0.1) is 5.92 Å². The summed E-state index contributed by atoms with van der Waals surface area (Å²) in [6, 6.07) is 14.2. The Hall–Kier alpha value is -1.82. The van der Waals surface area contributed by atoms with Gasteiger partial charge in [-0.15, -0.1) is 0 Å². The van der Waals surface area contributed by atoms with Crippen molar-refractivity contribution >= 4 is 6.08 Å². The van der Waals surface area contributed by atoms with Crippen molar-refractivity contribution in [2.24, 2.45) is 5.92 Å². The molecule has 0 amide bonds. The molecule has 0 saturated carbocycles. The van der Waals surface area contributed by atoms with Crippen LogP contribution in [0.25, 0.3) is 17.2 Å². The monoisotopic (exact) mass is 346 g/mol. The molecule has 2 aromatic rings. The van der Waals surface area contributed by atoms with Crippen LogP contribution in [0.3, 0.4) is 0 Å². The first-order valence-electron chi connectivity index (χ1n) is 10.6. The van der Waals surface area contributed by atoms with Crippen LogP contribution in [0.5, 0.6) is 0 Å². The summed E-state index contributed by atoms with van der Waals surface area (Å²) < 4.78 is 0. The van der Waals surface area contributed by atoms with Crippen LogP contribution in [-0.2, 0) is 19.3 Å². The molecule has 1 aliphatic rings. The third kappa shape index (κ3) is 4.29. The summed E-state index contributed by atoms with van der Waals surface area (Å²) >= 11 is 0. The van der Waals surface area contributed by atoms with Crippen LogP contribution >= 0.6 is 0 Å². The van der Waals surface area contributed by atoms with Gasteiger partial charge in [-0.25, -0.2) is 0 Å². The molecule has 0 spiro atoms. The minimum Gasteiger partial charge on any atom is -0.0654 e. The highest BCUT2D eigenvalue weighted by molar-refractivity contribution is 5.81. The number of benzene rings is 2. The molecule has 0 saturated heterocycles. The zero-order chi connectivity index (χ0) is 18.5. The van der Waals surface area contributed by atoms with Crippen molar-refractivity contribution in [3.63, 3.8) is 0 Å². The largest absolute Gasteiger partial charge is 0.0654 e. The van der Waals surface area contributed by atoms with Gasteiger partial charge in [-0.05, 0) is 71.4 Å². The summed E-state index contributed by atoms with van der Waals surface area (Å²) in [6.45, 7) is 9.19. The number of fused-ring (bicyclic) bond motifs is 1. The van der Waals surface area contributed by atoms with Gasteiger partial charge < -0.3 is 0 Å². The molecule has 0 heterocycles. The van der Waals surface area contributed by atoms with E-state index in [4.69, 9.17) is 0 Å². The SMILES string of the molecule is CCCCc1cc(CCCC)cc(-c2cccc3c2C=C(C(C)C)C3)c1. The van der Waals surface area contributed by atoms with Gasteiger partial charge in [-0.1, -0.05) is 88.6 Å². The van der Waals surface area contributed by atoms with Gasteiger partial charge in [-0.3, -0.25) is 0 Å². The van der Waals surface area contributed by atoms with Crippen LogP contribution in [0.4, 0.5) is 0 Å². The topological polar surface area (TPSA) is 0 Å². The Morgan fingerprint density at radius 2 is 1.54 bits per heavy atom. The zero-order valence-electron chi connectivity index (χ0n) is 17.1. The van der Waals surface area contributed by atoms with Gasteiger partial charge in [0.05, 0.1) is 0 Å². The Morgan fingerprint density at radius 3 is 2.12 bits per heavy atom. The summed E-state index contributed by atoms with van der Waals surface area (Å²) in [7, 11) is 0. The fourth-order valence-electron chi connectivity index (χ4n) is 3.99. The smallest absolute Gasteiger partial charge is 0.00550 e. The van der Waals surface area contributed by atoms with E-state index in [1.807, 2.05) is 0 Å². The molecule has 138 valence electrons. The molecule has 0 bridgehead atoms. The fraction of sp³-hybridized carbons (Fsp3) is 0.462. The van der Waals surface area contributed by atoms with E-state index in [0.29, 0.717) is 5.92 Å². The van der Waals surface area contributed by atoms with Crippen molar-refractivity contribution in [2.75, 3.05) is 0 Å². The fourth-order valence-corrected chi connectivity index (χ4v) is 3.99. The molecule has 0 nitrogen and oxygen atoms in total. The maximum absolute atomic E-state index is 2.46. The Labute approximate surface area is 160 Å². The van der Waals surface area contributed by atoms with E-state index < -0.39 is 0 Å². The minimum atomic E-state index is 0.631. The molecule has 0 aromatic heterocycles. The molecule has 0 fully saturated rings. The van der Waals surface area contributed by atoms with Crippen molar-refractivity contribution in [3.05, 3.63) is 64.2 Å². The predicted octanol–water partition coefficient (Wildman–Crippen LogP) is 7.63. The molecule has 26 heavy (non-hydrogen) atoms. The van der Waals surface area contributed by atoms with Gasteiger partial charge >= 0.3 is 0 Å². The average molecular weight is 347 g/mol. The Balaban J connectivity index is 2.02.